The summed E-state index contributed by atoms with van der Waals surface area (Å²) in [6.07, 6.45) is 2.66. The Balaban J connectivity index is 1.75. The molecule has 0 radical (unpaired) electrons. The molecule has 0 aliphatic carbocycles. The molecule has 2 rings (SSSR count). The van der Waals surface area contributed by atoms with Crippen LogP contribution in [-0.2, 0) is 17.8 Å². The van der Waals surface area contributed by atoms with Crippen LogP contribution in [0.3, 0.4) is 0 Å². The number of furan rings is 1. The van der Waals surface area contributed by atoms with Crippen molar-refractivity contribution < 1.29 is 9.21 Å². The molecule has 0 fully saturated rings. The van der Waals surface area contributed by atoms with Crippen molar-refractivity contribution in [1.29, 1.82) is 0 Å². The van der Waals surface area contributed by atoms with Crippen LogP contribution in [0.2, 0.25) is 0 Å². The van der Waals surface area contributed by atoms with Gasteiger partial charge in [-0.3, -0.25) is 4.79 Å². The molecule has 18 heavy (non-hydrogen) atoms. The largest absolute Gasteiger partial charge is 0.469 e. The monoisotopic (exact) mass is 244 g/mol. The highest BCUT2D eigenvalue weighted by Crippen LogP contribution is 2.07. The van der Waals surface area contributed by atoms with Gasteiger partial charge in [-0.05, 0) is 29.8 Å². The fraction of sp³-hybridized carbons (Fsp3) is 0.214. The van der Waals surface area contributed by atoms with Gasteiger partial charge in [0.15, 0.2) is 0 Å². The Bertz CT molecular complexity index is 506. The second-order valence-corrected chi connectivity index (χ2v) is 4.10. The Morgan fingerprint density at radius 3 is 2.89 bits per heavy atom. The van der Waals surface area contributed by atoms with Gasteiger partial charge in [-0.25, -0.2) is 0 Å². The first-order valence-corrected chi connectivity index (χ1v) is 5.87. The lowest BCUT2D eigenvalue weighted by Gasteiger charge is -2.05. The zero-order valence-corrected chi connectivity index (χ0v) is 10.1. The second-order valence-electron chi connectivity index (χ2n) is 4.10. The molecule has 2 aromatic rings. The number of amides is 1. The summed E-state index contributed by atoms with van der Waals surface area (Å²) in [6.45, 7) is 0.502. The van der Waals surface area contributed by atoms with Crippen LogP contribution in [0, 0.1) is 0 Å². The van der Waals surface area contributed by atoms with Gasteiger partial charge in [-0.15, -0.1) is 0 Å². The summed E-state index contributed by atoms with van der Waals surface area (Å²) < 4.78 is 5.17. The van der Waals surface area contributed by atoms with Crippen molar-refractivity contribution in [3.8, 4) is 0 Å². The van der Waals surface area contributed by atoms with E-state index < -0.39 is 0 Å². The highest BCUT2D eigenvalue weighted by atomic mass is 16.3. The zero-order valence-electron chi connectivity index (χ0n) is 10.1. The van der Waals surface area contributed by atoms with Crippen LogP contribution < -0.4 is 11.1 Å². The van der Waals surface area contributed by atoms with Gasteiger partial charge in [0.25, 0.3) is 0 Å². The molecule has 0 spiro atoms. The standard InChI is InChI=1S/C14H16N2O2/c15-12-4-1-3-11(9-12)10-16-14(17)7-6-13-5-2-8-18-13/h1-5,8-9H,6-7,10,15H2,(H,16,17). The number of anilines is 1. The zero-order chi connectivity index (χ0) is 12.8. The fourth-order valence-electron chi connectivity index (χ4n) is 1.68. The van der Waals surface area contributed by atoms with Gasteiger partial charge in [0.1, 0.15) is 5.76 Å². The summed E-state index contributed by atoms with van der Waals surface area (Å²) >= 11 is 0. The van der Waals surface area contributed by atoms with Crippen LogP contribution in [0.25, 0.3) is 0 Å². The summed E-state index contributed by atoms with van der Waals surface area (Å²) in [6, 6.07) is 11.2. The number of nitrogens with one attached hydrogen (secondary N) is 1. The molecule has 0 saturated heterocycles. The maximum Gasteiger partial charge on any atom is 0.220 e. The quantitative estimate of drug-likeness (QED) is 0.791. The van der Waals surface area contributed by atoms with E-state index in [1.807, 2.05) is 36.4 Å². The van der Waals surface area contributed by atoms with E-state index in [9.17, 15) is 4.79 Å². The molecule has 1 aromatic carbocycles. The Morgan fingerprint density at radius 2 is 2.17 bits per heavy atom. The Morgan fingerprint density at radius 1 is 1.28 bits per heavy atom. The third-order valence-corrected chi connectivity index (χ3v) is 2.62. The van der Waals surface area contributed by atoms with Gasteiger partial charge >= 0.3 is 0 Å². The van der Waals surface area contributed by atoms with E-state index in [2.05, 4.69) is 5.32 Å². The van der Waals surface area contributed by atoms with Gasteiger partial charge < -0.3 is 15.5 Å². The molecule has 0 bridgehead atoms. The van der Waals surface area contributed by atoms with E-state index in [-0.39, 0.29) is 5.91 Å². The number of hydrogen-bond donors (Lipinski definition) is 2. The van der Waals surface area contributed by atoms with E-state index >= 15 is 0 Å². The topological polar surface area (TPSA) is 68.3 Å². The summed E-state index contributed by atoms with van der Waals surface area (Å²) in [7, 11) is 0. The van der Waals surface area contributed by atoms with Crippen molar-refractivity contribution in [2.24, 2.45) is 0 Å². The smallest absolute Gasteiger partial charge is 0.220 e. The Labute approximate surface area is 106 Å². The lowest BCUT2D eigenvalue weighted by molar-refractivity contribution is -0.121. The highest BCUT2D eigenvalue weighted by molar-refractivity contribution is 5.76. The predicted octanol–water partition coefficient (Wildman–Crippen LogP) is 2.11. The molecule has 0 atom stereocenters. The first kappa shape index (κ1) is 12.2. The van der Waals surface area contributed by atoms with E-state index in [0.29, 0.717) is 25.1 Å². The molecule has 1 heterocycles. The number of carbonyl (C=O) groups excluding carboxylic acids is 1. The van der Waals surface area contributed by atoms with Crippen molar-refractivity contribution in [2.45, 2.75) is 19.4 Å². The first-order chi connectivity index (χ1) is 8.74. The number of nitrogens with two attached hydrogens (primary N) is 1. The average Bonchev–Trinajstić information content (AvgIpc) is 2.87. The lowest BCUT2D eigenvalue weighted by atomic mass is 10.2. The van der Waals surface area contributed by atoms with Crippen LogP contribution in [0.15, 0.2) is 47.1 Å². The van der Waals surface area contributed by atoms with E-state index in [1.54, 1.807) is 6.26 Å². The van der Waals surface area contributed by atoms with Crippen molar-refractivity contribution >= 4 is 11.6 Å². The van der Waals surface area contributed by atoms with Crippen LogP contribution in [0.1, 0.15) is 17.7 Å². The molecule has 1 aromatic heterocycles. The molecule has 4 nitrogen and oxygen atoms in total. The maximum absolute atomic E-state index is 11.6. The van der Waals surface area contributed by atoms with E-state index in [1.165, 1.54) is 0 Å². The fourth-order valence-corrected chi connectivity index (χ4v) is 1.68. The number of aryl methyl sites for hydroxylation is 1. The molecule has 1 amide bonds. The molecule has 3 N–H and O–H groups in total. The predicted molar refractivity (Wildman–Crippen MR) is 69.7 cm³/mol. The highest BCUT2D eigenvalue weighted by Gasteiger charge is 2.03. The molecule has 0 aliphatic heterocycles. The van der Waals surface area contributed by atoms with Crippen molar-refractivity contribution in [3.05, 3.63) is 54.0 Å². The normalized spacial score (nSPS) is 10.2. The van der Waals surface area contributed by atoms with Crippen LogP contribution >= 0.6 is 0 Å². The summed E-state index contributed by atoms with van der Waals surface area (Å²) in [5.74, 6) is 0.836. The van der Waals surface area contributed by atoms with Crippen LogP contribution in [-0.4, -0.2) is 5.91 Å². The van der Waals surface area contributed by atoms with Gasteiger partial charge in [0, 0.05) is 25.1 Å². The van der Waals surface area contributed by atoms with Gasteiger partial charge in [0.2, 0.25) is 5.91 Å². The van der Waals surface area contributed by atoms with Gasteiger partial charge in [-0.1, -0.05) is 12.1 Å². The molecule has 0 unspecified atom stereocenters. The Kier molecular flexibility index (Phi) is 4.02. The van der Waals surface area contributed by atoms with Crippen molar-refractivity contribution in [1.82, 2.24) is 5.32 Å². The molecule has 94 valence electrons. The molecule has 0 aliphatic rings. The Hall–Kier alpha value is -2.23. The first-order valence-electron chi connectivity index (χ1n) is 5.87. The summed E-state index contributed by atoms with van der Waals surface area (Å²) in [4.78, 5) is 11.6. The van der Waals surface area contributed by atoms with Crippen molar-refractivity contribution in [3.63, 3.8) is 0 Å². The minimum absolute atomic E-state index is 0.00817. The molecule has 0 saturated carbocycles. The molecule has 4 heteroatoms. The average molecular weight is 244 g/mol. The summed E-state index contributed by atoms with van der Waals surface area (Å²) in [5, 5.41) is 2.85. The number of nitrogen functional groups attached to an aromatic ring is 1. The maximum atomic E-state index is 11.6. The van der Waals surface area contributed by atoms with Crippen molar-refractivity contribution in [2.75, 3.05) is 5.73 Å². The third kappa shape index (κ3) is 3.66. The van der Waals surface area contributed by atoms with E-state index in [4.69, 9.17) is 10.2 Å². The number of benzene rings is 1. The van der Waals surface area contributed by atoms with Gasteiger partial charge in [0.05, 0.1) is 6.26 Å². The minimum Gasteiger partial charge on any atom is -0.469 e. The number of rotatable bonds is 5. The van der Waals surface area contributed by atoms with Crippen LogP contribution in [0.4, 0.5) is 5.69 Å². The number of hydrogen-bond acceptors (Lipinski definition) is 3. The molecular weight excluding hydrogens is 228 g/mol. The summed E-state index contributed by atoms with van der Waals surface area (Å²) in [5.41, 5.74) is 7.37. The van der Waals surface area contributed by atoms with E-state index in [0.717, 1.165) is 11.3 Å². The van der Waals surface area contributed by atoms with Crippen LogP contribution in [0.5, 0.6) is 0 Å². The second kappa shape index (κ2) is 5.91. The minimum atomic E-state index is 0.00817. The third-order valence-electron chi connectivity index (χ3n) is 2.62. The SMILES string of the molecule is Nc1cccc(CNC(=O)CCc2ccco2)c1. The molecular formula is C14H16N2O2. The van der Waals surface area contributed by atoms with Gasteiger partial charge in [-0.2, -0.15) is 0 Å². The lowest BCUT2D eigenvalue weighted by Crippen LogP contribution is -2.22. The number of carbonyl (C=O) groups is 1.